The molecule has 1 fully saturated rings. The highest BCUT2D eigenvalue weighted by Gasteiger charge is 2.60. The molecule has 1 saturated heterocycles. The van der Waals surface area contributed by atoms with E-state index in [2.05, 4.69) is 10.1 Å². The number of aliphatic hydroxyl groups excluding tert-OH is 1. The van der Waals surface area contributed by atoms with Crippen molar-refractivity contribution < 1.29 is 41.6 Å². The Hall–Kier alpha value is -2.55. The molecule has 2 heterocycles. The van der Waals surface area contributed by atoms with E-state index >= 15 is 0 Å². The largest absolute Gasteiger partial charge is 0.462 e. The molecule has 2 aromatic rings. The zero-order valence-corrected chi connectivity index (χ0v) is 21.6. The second-order valence-corrected chi connectivity index (χ2v) is 11.5. The van der Waals surface area contributed by atoms with E-state index in [1.165, 1.54) is 6.92 Å². The van der Waals surface area contributed by atoms with Crippen LogP contribution < -0.4 is 21.0 Å². The molecule has 37 heavy (non-hydrogen) atoms. The van der Waals surface area contributed by atoms with E-state index in [0.29, 0.717) is 6.20 Å². The predicted octanol–water partition coefficient (Wildman–Crippen LogP) is 2.11. The zero-order valence-electron chi connectivity index (χ0n) is 19.9. The van der Waals surface area contributed by atoms with E-state index in [9.17, 15) is 27.9 Å². The van der Waals surface area contributed by atoms with Gasteiger partial charge in [-0.25, -0.2) is 14.3 Å². The van der Waals surface area contributed by atoms with Gasteiger partial charge in [0.05, 0.1) is 18.9 Å². The lowest BCUT2D eigenvalue weighted by Gasteiger charge is -2.28. The van der Waals surface area contributed by atoms with E-state index in [-0.39, 0.29) is 10.3 Å². The van der Waals surface area contributed by atoms with Crippen LogP contribution in [-0.2, 0) is 30.6 Å². The number of rotatable bonds is 10. The summed E-state index contributed by atoms with van der Waals surface area (Å²) in [5.74, 6) is -6.46. The summed E-state index contributed by atoms with van der Waals surface area (Å²) in [5, 5.41) is 13.0. The number of nitrogens with one attached hydrogen (secondary N) is 1. The monoisotopic (exact) mass is 566 g/mol. The zero-order chi connectivity index (χ0) is 27.5. The molecule has 3 rings (SSSR count). The quantitative estimate of drug-likeness (QED) is 0.287. The van der Waals surface area contributed by atoms with Crippen LogP contribution in [0.5, 0.6) is 5.75 Å². The standard InChI is InChI=1S/C21H26F3N4O7PS/c1-11(2)33-18(30)12(3)27-36(37,35-13-7-5-4-6-8-13)32-10-15-16(29)21(23,24)19(34-15)28-9-14(22)17(25)26-20(28)31/h4-9,11-12,15-16,19,29H,10H2,1-3H3,(H,27,37)(H2,25,26,31)/t12-,15+,16+,19+,36?/m0/s1. The number of aromatic nitrogens is 2. The van der Waals surface area contributed by atoms with Crippen molar-refractivity contribution in [1.82, 2.24) is 14.6 Å². The first-order valence-corrected chi connectivity index (χ1v) is 13.6. The number of esters is 1. The molecule has 1 unspecified atom stereocenters. The molecule has 0 bridgehead atoms. The van der Waals surface area contributed by atoms with E-state index in [1.54, 1.807) is 44.2 Å². The first-order chi connectivity index (χ1) is 17.2. The SMILES string of the molecule is CC(C)OC(=O)[C@H](C)NP(=S)(OC[C@H]1O[C@@H](n2cc(F)c(N)nc2=O)C(F)(F)[C@@H]1O)Oc1ccccc1. The molecule has 0 aliphatic carbocycles. The van der Waals surface area contributed by atoms with Crippen molar-refractivity contribution in [2.24, 2.45) is 0 Å². The van der Waals surface area contributed by atoms with Gasteiger partial charge in [-0.15, -0.1) is 0 Å². The summed E-state index contributed by atoms with van der Waals surface area (Å²) >= 11 is 5.49. The van der Waals surface area contributed by atoms with E-state index in [0.717, 1.165) is 0 Å². The molecule has 1 aliphatic heterocycles. The number of benzene rings is 1. The third-order valence-electron chi connectivity index (χ3n) is 5.00. The molecule has 5 atom stereocenters. The maximum absolute atomic E-state index is 14.9. The number of nitrogens with zero attached hydrogens (tertiary/aromatic N) is 2. The van der Waals surface area contributed by atoms with Gasteiger partial charge < -0.3 is 29.4 Å². The van der Waals surface area contributed by atoms with Crippen LogP contribution in [0.4, 0.5) is 19.0 Å². The Balaban J connectivity index is 1.81. The number of para-hydroxylation sites is 1. The molecule has 0 saturated carbocycles. The van der Waals surface area contributed by atoms with Crippen molar-refractivity contribution in [1.29, 1.82) is 0 Å². The second kappa shape index (κ2) is 11.5. The van der Waals surface area contributed by atoms with Gasteiger partial charge in [-0.1, -0.05) is 18.2 Å². The average molecular weight is 566 g/mol. The molecular formula is C21H26F3N4O7PS. The number of ether oxygens (including phenoxy) is 2. The van der Waals surface area contributed by atoms with Crippen molar-refractivity contribution >= 4 is 30.2 Å². The maximum atomic E-state index is 14.9. The summed E-state index contributed by atoms with van der Waals surface area (Å²) < 4.78 is 65.5. The summed E-state index contributed by atoms with van der Waals surface area (Å²) in [6.45, 7) is 0.373. The number of carbonyl (C=O) groups excluding carboxylic acids is 1. The van der Waals surface area contributed by atoms with Crippen LogP contribution in [0.2, 0.25) is 0 Å². The van der Waals surface area contributed by atoms with Crippen LogP contribution in [0.25, 0.3) is 0 Å². The van der Waals surface area contributed by atoms with Crippen LogP contribution in [0.3, 0.4) is 0 Å². The molecule has 0 radical (unpaired) electrons. The fraction of sp³-hybridized carbons (Fsp3) is 0.476. The van der Waals surface area contributed by atoms with Crippen LogP contribution in [0.1, 0.15) is 27.0 Å². The van der Waals surface area contributed by atoms with E-state index < -0.39 is 73.0 Å². The Morgan fingerprint density at radius 3 is 2.62 bits per heavy atom. The van der Waals surface area contributed by atoms with E-state index in [1.807, 2.05) is 0 Å². The van der Waals surface area contributed by atoms with Gasteiger partial charge in [0.15, 0.2) is 17.7 Å². The number of anilines is 1. The number of nitrogen functional groups attached to an aromatic ring is 1. The molecule has 1 aromatic heterocycles. The highest BCUT2D eigenvalue weighted by atomic mass is 32.5. The normalized spacial score (nSPS) is 23.4. The summed E-state index contributed by atoms with van der Waals surface area (Å²) in [6, 6.07) is 7.13. The Bertz CT molecular complexity index is 1220. The third kappa shape index (κ3) is 6.86. The van der Waals surface area contributed by atoms with Gasteiger partial charge in [0.1, 0.15) is 17.9 Å². The topological polar surface area (TPSA) is 147 Å². The summed E-state index contributed by atoms with van der Waals surface area (Å²) in [5.41, 5.74) is 3.89. The number of halogens is 3. The van der Waals surface area contributed by atoms with Crippen molar-refractivity contribution in [2.75, 3.05) is 12.3 Å². The minimum atomic E-state index is -4.05. The van der Waals surface area contributed by atoms with Crippen molar-refractivity contribution in [2.45, 2.75) is 57.3 Å². The molecular weight excluding hydrogens is 540 g/mol. The number of carbonyl (C=O) groups is 1. The van der Waals surface area contributed by atoms with Crippen LogP contribution >= 0.6 is 6.64 Å². The molecule has 204 valence electrons. The van der Waals surface area contributed by atoms with Crippen LogP contribution in [0.15, 0.2) is 41.3 Å². The third-order valence-corrected chi connectivity index (χ3v) is 7.50. The fourth-order valence-corrected chi connectivity index (χ4v) is 5.65. The highest BCUT2D eigenvalue weighted by molar-refractivity contribution is 8.09. The second-order valence-electron chi connectivity index (χ2n) is 8.34. The van der Waals surface area contributed by atoms with Crippen LogP contribution in [-0.4, -0.2) is 57.5 Å². The number of aliphatic hydroxyl groups is 1. The number of hydrogen-bond donors (Lipinski definition) is 3. The van der Waals surface area contributed by atoms with E-state index in [4.69, 9.17) is 36.1 Å². The fourth-order valence-electron chi connectivity index (χ4n) is 3.24. The lowest BCUT2D eigenvalue weighted by molar-refractivity contribution is -0.149. The number of hydrogen-bond acceptors (Lipinski definition) is 10. The van der Waals surface area contributed by atoms with Gasteiger partial charge in [-0.2, -0.15) is 13.8 Å². The van der Waals surface area contributed by atoms with Crippen molar-refractivity contribution in [3.63, 3.8) is 0 Å². The molecule has 1 aliphatic rings. The minimum absolute atomic E-state index is 0.188. The van der Waals surface area contributed by atoms with Gasteiger partial charge in [-0.3, -0.25) is 9.36 Å². The molecule has 0 amide bonds. The summed E-state index contributed by atoms with van der Waals surface area (Å²) in [4.78, 5) is 27.5. The summed E-state index contributed by atoms with van der Waals surface area (Å²) in [7, 11) is 0. The first kappa shape index (κ1) is 29.0. The lowest BCUT2D eigenvalue weighted by Crippen LogP contribution is -2.42. The van der Waals surface area contributed by atoms with Gasteiger partial charge >= 0.3 is 24.2 Å². The van der Waals surface area contributed by atoms with Crippen molar-refractivity contribution in [3.05, 3.63) is 52.8 Å². The smallest absolute Gasteiger partial charge is 0.352 e. The average Bonchev–Trinajstić information content (AvgIpc) is 3.03. The maximum Gasteiger partial charge on any atom is 0.352 e. The Morgan fingerprint density at radius 1 is 1.35 bits per heavy atom. The number of nitrogens with two attached hydrogens (primary N) is 1. The number of alkyl halides is 2. The van der Waals surface area contributed by atoms with Gasteiger partial charge in [0.25, 0.3) is 0 Å². The van der Waals surface area contributed by atoms with Crippen LogP contribution in [0, 0.1) is 5.82 Å². The lowest BCUT2D eigenvalue weighted by atomic mass is 10.1. The first-order valence-electron chi connectivity index (χ1n) is 11.0. The summed E-state index contributed by atoms with van der Waals surface area (Å²) in [6.07, 6.45) is -6.62. The minimum Gasteiger partial charge on any atom is -0.462 e. The molecule has 11 nitrogen and oxygen atoms in total. The Morgan fingerprint density at radius 2 is 2.00 bits per heavy atom. The molecule has 4 N–H and O–H groups in total. The van der Waals surface area contributed by atoms with Crippen molar-refractivity contribution in [3.8, 4) is 5.75 Å². The molecule has 1 aromatic carbocycles. The molecule has 0 spiro atoms. The highest BCUT2D eigenvalue weighted by Crippen LogP contribution is 2.48. The van der Waals surface area contributed by atoms with Gasteiger partial charge in [-0.05, 0) is 44.7 Å². The Labute approximate surface area is 214 Å². The van der Waals surface area contributed by atoms with Gasteiger partial charge in [0.2, 0.25) is 6.23 Å². The Kier molecular flexibility index (Phi) is 8.98. The predicted molar refractivity (Wildman–Crippen MR) is 129 cm³/mol. The van der Waals surface area contributed by atoms with Gasteiger partial charge in [0, 0.05) is 0 Å². The molecule has 16 heteroatoms.